The molecule has 0 unspecified atom stereocenters. The summed E-state index contributed by atoms with van der Waals surface area (Å²) in [6, 6.07) is 0.191. The molecule has 1 aliphatic rings. The van der Waals surface area contributed by atoms with E-state index in [0.29, 0.717) is 12.8 Å². The molecule has 1 saturated carbocycles. The first-order valence-corrected chi connectivity index (χ1v) is 8.25. The Morgan fingerprint density at radius 2 is 1.71 bits per heavy atom. The average Bonchev–Trinajstić information content (AvgIpc) is 2.56. The van der Waals surface area contributed by atoms with E-state index in [1.165, 1.54) is 12.8 Å². The van der Waals surface area contributed by atoms with E-state index in [9.17, 15) is 8.42 Å². The molecule has 0 heterocycles. The third kappa shape index (κ3) is 4.94. The summed E-state index contributed by atoms with van der Waals surface area (Å²) in [5.74, 6) is 0.167. The average molecular weight is 263 g/mol. The maximum atomic E-state index is 12.1. The van der Waals surface area contributed by atoms with Gasteiger partial charge in [-0.1, -0.05) is 25.7 Å². The van der Waals surface area contributed by atoms with Gasteiger partial charge >= 0.3 is 0 Å². The second-order valence-electron chi connectivity index (χ2n) is 4.91. The maximum Gasteiger partial charge on any atom is 0.214 e. The lowest BCUT2D eigenvalue weighted by Gasteiger charge is -2.26. The van der Waals surface area contributed by atoms with Crippen LogP contribution in [0.15, 0.2) is 0 Å². The Hall–Kier alpha value is -0.130. The van der Waals surface area contributed by atoms with E-state index in [0.717, 1.165) is 25.7 Å². The highest BCUT2D eigenvalue weighted by Crippen LogP contribution is 2.23. The molecule has 1 fully saturated rings. The second-order valence-corrected chi connectivity index (χ2v) is 7.06. The molecule has 0 aromatic carbocycles. The summed E-state index contributed by atoms with van der Waals surface area (Å²) in [6.45, 7) is 0.0721. The zero-order valence-corrected chi connectivity index (χ0v) is 11.6. The van der Waals surface area contributed by atoms with Crippen molar-refractivity contribution in [3.05, 3.63) is 0 Å². The van der Waals surface area contributed by atoms with Gasteiger partial charge in [-0.15, -0.1) is 0 Å². The van der Waals surface area contributed by atoms with Gasteiger partial charge in [-0.05, 0) is 25.7 Å². The molecule has 0 atom stereocenters. The molecule has 5 heteroatoms. The van der Waals surface area contributed by atoms with E-state index in [1.807, 2.05) is 0 Å². The van der Waals surface area contributed by atoms with Crippen LogP contribution in [0.25, 0.3) is 0 Å². The van der Waals surface area contributed by atoms with E-state index in [1.54, 1.807) is 11.4 Å². The van der Waals surface area contributed by atoms with E-state index < -0.39 is 10.0 Å². The predicted molar refractivity (Wildman–Crippen MR) is 69.4 cm³/mol. The quantitative estimate of drug-likeness (QED) is 0.586. The maximum absolute atomic E-state index is 12.1. The van der Waals surface area contributed by atoms with Crippen molar-refractivity contribution in [2.45, 2.75) is 57.4 Å². The van der Waals surface area contributed by atoms with Crippen molar-refractivity contribution in [2.75, 3.05) is 19.4 Å². The second kappa shape index (κ2) is 7.34. The van der Waals surface area contributed by atoms with Gasteiger partial charge in [0.05, 0.1) is 5.75 Å². The van der Waals surface area contributed by atoms with Crippen LogP contribution in [0, 0.1) is 0 Å². The van der Waals surface area contributed by atoms with Gasteiger partial charge in [-0.25, -0.2) is 12.7 Å². The van der Waals surface area contributed by atoms with Crippen molar-refractivity contribution in [1.29, 1.82) is 0 Å². The Morgan fingerprint density at radius 3 is 2.24 bits per heavy atom. The number of hydrogen-bond acceptors (Lipinski definition) is 3. The molecular formula is C12H25NO3S. The minimum atomic E-state index is -3.13. The zero-order chi connectivity index (χ0) is 12.7. The fraction of sp³-hybridized carbons (Fsp3) is 1.00. The first kappa shape index (κ1) is 14.9. The molecule has 4 nitrogen and oxygen atoms in total. The van der Waals surface area contributed by atoms with Crippen LogP contribution in [0.1, 0.15) is 51.4 Å². The lowest BCUT2D eigenvalue weighted by atomic mass is 10.1. The van der Waals surface area contributed by atoms with Gasteiger partial charge in [-0.2, -0.15) is 0 Å². The normalized spacial score (nSPS) is 19.5. The third-order valence-corrected chi connectivity index (χ3v) is 5.57. The molecular weight excluding hydrogens is 238 g/mol. The van der Waals surface area contributed by atoms with Crippen molar-refractivity contribution >= 4 is 10.0 Å². The molecule has 0 spiro atoms. The molecule has 102 valence electrons. The minimum absolute atomic E-state index is 0.0721. The summed E-state index contributed by atoms with van der Waals surface area (Å²) < 4.78 is 25.7. The number of aliphatic hydroxyl groups excluding tert-OH is 1. The number of rotatable bonds is 6. The predicted octanol–water partition coefficient (Wildman–Crippen LogP) is 1.74. The zero-order valence-electron chi connectivity index (χ0n) is 10.8. The van der Waals surface area contributed by atoms with Crippen molar-refractivity contribution in [2.24, 2.45) is 0 Å². The van der Waals surface area contributed by atoms with Gasteiger partial charge in [0.25, 0.3) is 0 Å². The summed E-state index contributed by atoms with van der Waals surface area (Å²) in [7, 11) is -1.41. The standard InChI is InChI=1S/C12H25NO3S/c1-13(12-8-4-2-3-5-9-12)17(15,16)11-7-6-10-14/h12,14H,2-11H2,1H3. The number of hydrogen-bond donors (Lipinski definition) is 1. The molecule has 0 radical (unpaired) electrons. The van der Waals surface area contributed by atoms with Crippen LogP contribution < -0.4 is 0 Å². The van der Waals surface area contributed by atoms with E-state index in [4.69, 9.17) is 5.11 Å². The molecule has 0 saturated heterocycles. The number of aliphatic hydroxyl groups is 1. The van der Waals surface area contributed by atoms with Crippen LogP contribution in [0.4, 0.5) is 0 Å². The molecule has 1 aliphatic carbocycles. The van der Waals surface area contributed by atoms with Crippen LogP contribution >= 0.6 is 0 Å². The number of nitrogens with zero attached hydrogens (tertiary/aromatic N) is 1. The molecule has 0 aliphatic heterocycles. The molecule has 17 heavy (non-hydrogen) atoms. The number of sulfonamides is 1. The molecule has 0 bridgehead atoms. The third-order valence-electron chi connectivity index (χ3n) is 3.59. The Balaban J connectivity index is 2.50. The summed E-state index contributed by atoms with van der Waals surface area (Å²) >= 11 is 0. The van der Waals surface area contributed by atoms with E-state index in [-0.39, 0.29) is 18.4 Å². The first-order chi connectivity index (χ1) is 8.08. The van der Waals surface area contributed by atoms with Gasteiger partial charge in [0.1, 0.15) is 0 Å². The Kier molecular flexibility index (Phi) is 6.44. The Morgan fingerprint density at radius 1 is 1.12 bits per heavy atom. The fourth-order valence-electron chi connectivity index (χ4n) is 2.39. The van der Waals surface area contributed by atoms with Gasteiger partial charge in [0.15, 0.2) is 0 Å². The van der Waals surface area contributed by atoms with Gasteiger partial charge in [0.2, 0.25) is 10.0 Å². The van der Waals surface area contributed by atoms with Gasteiger partial charge in [-0.3, -0.25) is 0 Å². The first-order valence-electron chi connectivity index (χ1n) is 6.64. The fourth-order valence-corrected chi connectivity index (χ4v) is 3.91. The molecule has 0 aromatic rings. The summed E-state index contributed by atoms with van der Waals surface area (Å²) in [4.78, 5) is 0. The van der Waals surface area contributed by atoms with Crippen molar-refractivity contribution in [3.63, 3.8) is 0 Å². The summed E-state index contributed by atoms with van der Waals surface area (Å²) in [5, 5.41) is 8.68. The van der Waals surface area contributed by atoms with Crippen LogP contribution in [-0.2, 0) is 10.0 Å². The lowest BCUT2D eigenvalue weighted by Crippen LogP contribution is -2.38. The van der Waals surface area contributed by atoms with Crippen LogP contribution in [-0.4, -0.2) is 43.3 Å². The summed E-state index contributed by atoms with van der Waals surface area (Å²) in [5.41, 5.74) is 0. The van der Waals surface area contributed by atoms with Crippen molar-refractivity contribution in [3.8, 4) is 0 Å². The smallest absolute Gasteiger partial charge is 0.214 e. The SMILES string of the molecule is CN(C1CCCCCC1)S(=O)(=O)CCCCO. The van der Waals surface area contributed by atoms with Gasteiger partial charge in [0, 0.05) is 19.7 Å². The van der Waals surface area contributed by atoms with Gasteiger partial charge < -0.3 is 5.11 Å². The molecule has 0 amide bonds. The number of unbranched alkanes of at least 4 members (excludes halogenated alkanes) is 1. The highest BCUT2D eigenvalue weighted by Gasteiger charge is 2.26. The van der Waals surface area contributed by atoms with E-state index in [2.05, 4.69) is 0 Å². The monoisotopic (exact) mass is 263 g/mol. The van der Waals surface area contributed by atoms with Crippen molar-refractivity contribution in [1.82, 2.24) is 4.31 Å². The van der Waals surface area contributed by atoms with Crippen molar-refractivity contribution < 1.29 is 13.5 Å². The molecule has 1 N–H and O–H groups in total. The topological polar surface area (TPSA) is 57.6 Å². The minimum Gasteiger partial charge on any atom is -0.396 e. The largest absolute Gasteiger partial charge is 0.396 e. The van der Waals surface area contributed by atoms with Crippen LogP contribution in [0.5, 0.6) is 0 Å². The molecule has 0 aromatic heterocycles. The lowest BCUT2D eigenvalue weighted by molar-refractivity contribution is 0.286. The van der Waals surface area contributed by atoms with Crippen LogP contribution in [0.3, 0.4) is 0 Å². The van der Waals surface area contributed by atoms with E-state index >= 15 is 0 Å². The Bertz CT molecular complexity index is 295. The highest BCUT2D eigenvalue weighted by atomic mass is 32.2. The highest BCUT2D eigenvalue weighted by molar-refractivity contribution is 7.89. The molecule has 1 rings (SSSR count). The van der Waals surface area contributed by atoms with Crippen LogP contribution in [0.2, 0.25) is 0 Å². The Labute approximate surface area is 105 Å². The summed E-state index contributed by atoms with van der Waals surface area (Å²) in [6.07, 6.45) is 7.85.